The molecule has 1 aromatic heterocycles. The summed E-state index contributed by atoms with van der Waals surface area (Å²) in [4.78, 5) is 13.8. The molecule has 2 atom stereocenters. The fourth-order valence-corrected chi connectivity index (χ4v) is 4.18. The van der Waals surface area contributed by atoms with Gasteiger partial charge in [-0.1, -0.05) is 51.1 Å². The number of carbonyl (C=O) groups is 1. The van der Waals surface area contributed by atoms with Crippen LogP contribution in [-0.2, 0) is 24.2 Å². The van der Waals surface area contributed by atoms with Gasteiger partial charge in [-0.3, -0.25) is 4.79 Å². The van der Waals surface area contributed by atoms with Crippen molar-refractivity contribution >= 4 is 11.7 Å². The number of hydrogen-bond donors (Lipinski definition) is 2. The summed E-state index contributed by atoms with van der Waals surface area (Å²) in [5, 5.41) is 22.5. The van der Waals surface area contributed by atoms with Crippen LogP contribution in [0, 0.1) is 17.0 Å². The van der Waals surface area contributed by atoms with Crippen LogP contribution in [0.3, 0.4) is 0 Å². The molecule has 192 valence electrons. The van der Waals surface area contributed by atoms with E-state index in [1.165, 1.54) is 19.1 Å². The Hall–Kier alpha value is -3.39. The maximum absolute atomic E-state index is 13.8. The molecule has 36 heavy (non-hydrogen) atoms. The number of anilines is 1. The lowest BCUT2D eigenvalue weighted by Gasteiger charge is -2.31. The number of nitrogens with zero attached hydrogens (tertiary/aromatic N) is 3. The van der Waals surface area contributed by atoms with Gasteiger partial charge in [-0.05, 0) is 53.1 Å². The molecule has 0 saturated heterocycles. The quantitative estimate of drug-likeness (QED) is 0.433. The van der Waals surface area contributed by atoms with Crippen LogP contribution in [0.1, 0.15) is 44.4 Å². The number of nitrogens with one attached hydrogen (secondary N) is 1. The maximum atomic E-state index is 13.8. The SMILES string of the molecule is CC(=O)NC(Cc1cc(F)cc(F)c1)C(O)CN(Cc1ccccc1)c1cc(CC(C)(C)C)cnn1. The lowest BCUT2D eigenvalue weighted by atomic mass is 9.89. The van der Waals surface area contributed by atoms with Crippen molar-refractivity contribution < 1.29 is 18.7 Å². The number of aliphatic hydroxyl groups excluding tert-OH is 1. The highest BCUT2D eigenvalue weighted by atomic mass is 19.1. The molecule has 0 fully saturated rings. The van der Waals surface area contributed by atoms with Crippen LogP contribution < -0.4 is 10.2 Å². The van der Waals surface area contributed by atoms with Crippen molar-refractivity contribution in [3.05, 3.63) is 89.1 Å². The summed E-state index contributed by atoms with van der Waals surface area (Å²) in [7, 11) is 0. The molecule has 8 heteroatoms. The minimum atomic E-state index is -1.06. The molecular weight excluding hydrogens is 462 g/mol. The number of amides is 1. The van der Waals surface area contributed by atoms with Crippen LogP contribution in [0.4, 0.5) is 14.6 Å². The van der Waals surface area contributed by atoms with Crippen molar-refractivity contribution in [3.63, 3.8) is 0 Å². The third-order valence-electron chi connectivity index (χ3n) is 5.61. The number of halogens is 2. The first-order valence-corrected chi connectivity index (χ1v) is 12.0. The van der Waals surface area contributed by atoms with Crippen LogP contribution in [0.25, 0.3) is 0 Å². The summed E-state index contributed by atoms with van der Waals surface area (Å²) >= 11 is 0. The van der Waals surface area contributed by atoms with Gasteiger partial charge in [-0.25, -0.2) is 8.78 Å². The number of hydrogen-bond acceptors (Lipinski definition) is 5. The molecule has 2 N–H and O–H groups in total. The van der Waals surface area contributed by atoms with Gasteiger partial charge in [0.1, 0.15) is 11.6 Å². The van der Waals surface area contributed by atoms with Crippen LogP contribution in [-0.4, -0.2) is 39.9 Å². The van der Waals surface area contributed by atoms with Gasteiger partial charge in [-0.15, -0.1) is 5.10 Å². The monoisotopic (exact) mass is 496 g/mol. The zero-order chi connectivity index (χ0) is 26.3. The molecule has 1 heterocycles. The smallest absolute Gasteiger partial charge is 0.217 e. The second-order valence-electron chi connectivity index (χ2n) is 10.4. The van der Waals surface area contributed by atoms with Gasteiger partial charge >= 0.3 is 0 Å². The zero-order valence-electron chi connectivity index (χ0n) is 21.2. The third kappa shape index (κ3) is 8.68. The lowest BCUT2D eigenvalue weighted by molar-refractivity contribution is -0.120. The van der Waals surface area contributed by atoms with Gasteiger partial charge in [0.2, 0.25) is 5.91 Å². The first-order chi connectivity index (χ1) is 17.0. The molecule has 0 aliphatic carbocycles. The minimum Gasteiger partial charge on any atom is -0.389 e. The van der Waals surface area contributed by atoms with Gasteiger partial charge < -0.3 is 15.3 Å². The highest BCUT2D eigenvalue weighted by Gasteiger charge is 2.25. The predicted octanol–water partition coefficient (Wildman–Crippen LogP) is 4.46. The molecule has 0 aliphatic rings. The van der Waals surface area contributed by atoms with Gasteiger partial charge in [0.25, 0.3) is 0 Å². The first-order valence-electron chi connectivity index (χ1n) is 12.0. The molecule has 0 saturated carbocycles. The number of carbonyl (C=O) groups excluding carboxylic acids is 1. The third-order valence-corrected chi connectivity index (χ3v) is 5.61. The normalized spacial score (nSPS) is 13.2. The van der Waals surface area contributed by atoms with Crippen molar-refractivity contribution in [3.8, 4) is 0 Å². The first kappa shape index (κ1) is 27.2. The second kappa shape index (κ2) is 12.0. The maximum Gasteiger partial charge on any atom is 0.217 e. The molecule has 3 rings (SSSR count). The van der Waals surface area contributed by atoms with Gasteiger partial charge in [0, 0.05) is 26.1 Å². The molecule has 6 nitrogen and oxygen atoms in total. The Bertz CT molecular complexity index is 1130. The van der Waals surface area contributed by atoms with E-state index in [0.717, 1.165) is 23.6 Å². The van der Waals surface area contributed by atoms with E-state index in [4.69, 9.17) is 0 Å². The second-order valence-corrected chi connectivity index (χ2v) is 10.4. The van der Waals surface area contributed by atoms with E-state index in [1.807, 2.05) is 41.3 Å². The number of aromatic nitrogens is 2. The molecule has 0 bridgehead atoms. The van der Waals surface area contributed by atoms with Crippen molar-refractivity contribution in [2.24, 2.45) is 5.41 Å². The average molecular weight is 497 g/mol. The van der Waals surface area contributed by atoms with E-state index >= 15 is 0 Å². The lowest BCUT2D eigenvalue weighted by Crippen LogP contribution is -2.49. The number of rotatable bonds is 10. The largest absolute Gasteiger partial charge is 0.389 e. The van der Waals surface area contributed by atoms with Crippen LogP contribution in [0.2, 0.25) is 0 Å². The predicted molar refractivity (Wildman–Crippen MR) is 136 cm³/mol. The van der Waals surface area contributed by atoms with Crippen molar-refractivity contribution in [1.29, 1.82) is 0 Å². The summed E-state index contributed by atoms with van der Waals surface area (Å²) in [6, 6.07) is 14.1. The van der Waals surface area contributed by atoms with Crippen molar-refractivity contribution in [2.75, 3.05) is 11.4 Å². The van der Waals surface area contributed by atoms with E-state index < -0.39 is 23.8 Å². The standard InChI is InChI=1S/C28H34F2N4O2/c1-19(35)32-25(12-21-10-23(29)14-24(30)11-21)26(36)18-34(17-20-8-6-5-7-9-20)27-13-22(16-31-33-27)15-28(2,3)4/h5-11,13-14,16,25-26,36H,12,15,17-18H2,1-4H3,(H,32,35). The fraction of sp³-hybridized carbons (Fsp3) is 0.393. The van der Waals surface area contributed by atoms with E-state index in [9.17, 15) is 18.7 Å². The summed E-state index contributed by atoms with van der Waals surface area (Å²) in [6.07, 6.45) is 1.54. The van der Waals surface area contributed by atoms with Crippen molar-refractivity contribution in [2.45, 2.75) is 59.2 Å². The fourth-order valence-electron chi connectivity index (χ4n) is 4.18. The Morgan fingerprint density at radius 2 is 1.69 bits per heavy atom. The summed E-state index contributed by atoms with van der Waals surface area (Å²) < 4.78 is 27.5. The topological polar surface area (TPSA) is 78.4 Å². The number of benzene rings is 2. The van der Waals surface area contributed by atoms with E-state index in [0.29, 0.717) is 17.9 Å². The van der Waals surface area contributed by atoms with E-state index in [-0.39, 0.29) is 24.3 Å². The summed E-state index contributed by atoms with van der Waals surface area (Å²) in [6.45, 7) is 8.34. The molecule has 3 aromatic rings. The van der Waals surface area contributed by atoms with Crippen LogP contribution in [0.5, 0.6) is 0 Å². The summed E-state index contributed by atoms with van der Waals surface area (Å²) in [5.41, 5.74) is 2.43. The zero-order valence-corrected chi connectivity index (χ0v) is 21.2. The van der Waals surface area contributed by atoms with Gasteiger partial charge in [0.15, 0.2) is 5.82 Å². The molecular formula is C28H34F2N4O2. The van der Waals surface area contributed by atoms with Crippen LogP contribution in [0.15, 0.2) is 60.8 Å². The van der Waals surface area contributed by atoms with Crippen LogP contribution >= 0.6 is 0 Å². The van der Waals surface area contributed by atoms with Gasteiger partial charge in [-0.2, -0.15) is 5.10 Å². The molecule has 2 aromatic carbocycles. The molecule has 2 unspecified atom stereocenters. The van der Waals surface area contributed by atoms with E-state index in [2.05, 4.69) is 36.3 Å². The molecule has 0 radical (unpaired) electrons. The Labute approximate surface area is 211 Å². The Morgan fingerprint density at radius 1 is 1.03 bits per heavy atom. The molecule has 1 amide bonds. The van der Waals surface area contributed by atoms with Gasteiger partial charge in [0.05, 0.1) is 18.3 Å². The highest BCUT2D eigenvalue weighted by Crippen LogP contribution is 2.23. The Morgan fingerprint density at radius 3 is 2.31 bits per heavy atom. The minimum absolute atomic E-state index is 0.0564. The van der Waals surface area contributed by atoms with Crippen molar-refractivity contribution in [1.82, 2.24) is 15.5 Å². The summed E-state index contributed by atoms with van der Waals surface area (Å²) in [5.74, 6) is -1.18. The Kier molecular flexibility index (Phi) is 9.09. The Balaban J connectivity index is 1.88. The number of aliphatic hydroxyl groups is 1. The molecule has 0 spiro atoms. The van der Waals surface area contributed by atoms with E-state index in [1.54, 1.807) is 6.20 Å². The molecule has 0 aliphatic heterocycles. The highest BCUT2D eigenvalue weighted by molar-refractivity contribution is 5.73. The average Bonchev–Trinajstić information content (AvgIpc) is 2.77.